The minimum absolute atomic E-state index is 0.0110. The van der Waals surface area contributed by atoms with Crippen molar-refractivity contribution in [1.29, 1.82) is 0 Å². The topological polar surface area (TPSA) is 60.9 Å². The van der Waals surface area contributed by atoms with Gasteiger partial charge in [-0.25, -0.2) is 8.42 Å². The third kappa shape index (κ3) is 7.00. The molecule has 3 aromatic rings. The van der Waals surface area contributed by atoms with E-state index in [0.29, 0.717) is 24.5 Å². The van der Waals surface area contributed by atoms with E-state index in [1.165, 1.54) is 15.4 Å². The van der Waals surface area contributed by atoms with Crippen molar-refractivity contribution in [2.45, 2.75) is 52.0 Å². The molecule has 40 heavy (non-hydrogen) atoms. The largest absolute Gasteiger partial charge is 0.340 e. The summed E-state index contributed by atoms with van der Waals surface area (Å²) >= 11 is 0. The van der Waals surface area contributed by atoms with E-state index in [0.717, 1.165) is 29.8 Å². The van der Waals surface area contributed by atoms with Crippen molar-refractivity contribution in [3.05, 3.63) is 101 Å². The van der Waals surface area contributed by atoms with Gasteiger partial charge in [-0.1, -0.05) is 92.2 Å². The first kappa shape index (κ1) is 30.0. The van der Waals surface area contributed by atoms with Gasteiger partial charge < -0.3 is 4.90 Å². The highest BCUT2D eigenvalue weighted by Crippen LogP contribution is 2.30. The third-order valence-corrected chi connectivity index (χ3v) is 9.78. The van der Waals surface area contributed by atoms with E-state index in [1.807, 2.05) is 63.8 Å². The molecule has 1 heterocycles. The molecular formula is C33H43N3O3S. The highest BCUT2D eigenvalue weighted by molar-refractivity contribution is 7.89. The number of hydrogen-bond donors (Lipinski definition) is 0. The van der Waals surface area contributed by atoms with Gasteiger partial charge in [-0.2, -0.15) is 4.31 Å². The standard InChI is InChI=1S/C33H43N3O3S/c1-25(2)24-36(40(38,39)33-27(4)22-26(3)23-28(33)5)17-16-31(37)34-18-20-35(21-19-34)32(29-12-8-6-9-13-29)30-14-10-7-11-15-30/h6-15,22-23,25,32H,16-21,24H2,1-5H3. The number of carbonyl (C=O) groups excluding carboxylic acids is 1. The zero-order valence-electron chi connectivity index (χ0n) is 24.5. The Bertz CT molecular complexity index is 1320. The minimum atomic E-state index is -3.73. The van der Waals surface area contributed by atoms with Crippen LogP contribution in [0.3, 0.4) is 0 Å². The minimum Gasteiger partial charge on any atom is -0.340 e. The van der Waals surface area contributed by atoms with E-state index < -0.39 is 10.0 Å². The molecule has 1 aliphatic heterocycles. The van der Waals surface area contributed by atoms with Gasteiger partial charge in [-0.05, 0) is 48.9 Å². The van der Waals surface area contributed by atoms with E-state index in [1.54, 1.807) is 0 Å². The fourth-order valence-corrected chi connectivity index (χ4v) is 7.93. The summed E-state index contributed by atoms with van der Waals surface area (Å²) in [7, 11) is -3.73. The highest BCUT2D eigenvalue weighted by Gasteiger charge is 2.31. The second-order valence-electron chi connectivity index (χ2n) is 11.4. The molecule has 0 atom stereocenters. The molecule has 3 aromatic carbocycles. The van der Waals surface area contributed by atoms with Crippen LogP contribution in [0.2, 0.25) is 0 Å². The van der Waals surface area contributed by atoms with Crippen LogP contribution in [0.4, 0.5) is 0 Å². The number of rotatable bonds is 10. The molecule has 214 valence electrons. The Balaban J connectivity index is 1.44. The Morgan fingerprint density at radius 1 is 0.825 bits per heavy atom. The lowest BCUT2D eigenvalue weighted by molar-refractivity contribution is -0.133. The maximum Gasteiger partial charge on any atom is 0.243 e. The van der Waals surface area contributed by atoms with Crippen LogP contribution in [0.15, 0.2) is 77.7 Å². The summed E-state index contributed by atoms with van der Waals surface area (Å²) in [4.78, 5) is 18.0. The smallest absolute Gasteiger partial charge is 0.243 e. The van der Waals surface area contributed by atoms with E-state index >= 15 is 0 Å². The summed E-state index contributed by atoms with van der Waals surface area (Å²) in [5.41, 5.74) is 5.02. The first-order valence-corrected chi connectivity index (χ1v) is 15.7. The van der Waals surface area contributed by atoms with Crippen LogP contribution in [0.25, 0.3) is 0 Å². The van der Waals surface area contributed by atoms with Crippen LogP contribution in [0.1, 0.15) is 54.1 Å². The van der Waals surface area contributed by atoms with E-state index in [4.69, 9.17) is 0 Å². The van der Waals surface area contributed by atoms with Crippen LogP contribution in [-0.2, 0) is 14.8 Å². The van der Waals surface area contributed by atoms with E-state index in [2.05, 4.69) is 53.4 Å². The van der Waals surface area contributed by atoms with Gasteiger partial charge in [-0.3, -0.25) is 9.69 Å². The summed E-state index contributed by atoms with van der Waals surface area (Å²) in [6.07, 6.45) is 0.177. The lowest BCUT2D eigenvalue weighted by Crippen LogP contribution is -2.50. The molecule has 0 bridgehead atoms. The third-order valence-electron chi connectivity index (χ3n) is 7.61. The number of carbonyl (C=O) groups is 1. The Morgan fingerprint density at radius 2 is 1.32 bits per heavy atom. The van der Waals surface area contributed by atoms with Crippen molar-refractivity contribution in [1.82, 2.24) is 14.1 Å². The molecule has 6 nitrogen and oxygen atoms in total. The number of amides is 1. The monoisotopic (exact) mass is 561 g/mol. The first-order chi connectivity index (χ1) is 19.1. The highest BCUT2D eigenvalue weighted by atomic mass is 32.2. The van der Waals surface area contributed by atoms with Gasteiger partial charge in [0.25, 0.3) is 0 Å². The summed E-state index contributed by atoms with van der Waals surface area (Å²) < 4.78 is 29.1. The molecule has 1 amide bonds. The van der Waals surface area contributed by atoms with Crippen LogP contribution in [0, 0.1) is 26.7 Å². The quantitative estimate of drug-likeness (QED) is 0.324. The first-order valence-electron chi connectivity index (χ1n) is 14.3. The van der Waals surface area contributed by atoms with Crippen LogP contribution in [-0.4, -0.2) is 67.7 Å². The SMILES string of the molecule is Cc1cc(C)c(S(=O)(=O)N(CCC(=O)N2CCN(C(c3ccccc3)c3ccccc3)CC2)CC(C)C)c(C)c1. The summed E-state index contributed by atoms with van der Waals surface area (Å²) in [5.74, 6) is 0.157. The van der Waals surface area contributed by atoms with Crippen molar-refractivity contribution in [3.8, 4) is 0 Å². The molecular weight excluding hydrogens is 518 g/mol. The zero-order chi connectivity index (χ0) is 28.9. The van der Waals surface area contributed by atoms with E-state index in [9.17, 15) is 13.2 Å². The molecule has 0 spiro atoms. The Kier molecular flexibility index (Phi) is 9.82. The molecule has 0 unspecified atom stereocenters. The van der Waals surface area contributed by atoms with Crippen molar-refractivity contribution in [2.24, 2.45) is 5.92 Å². The van der Waals surface area contributed by atoms with E-state index in [-0.39, 0.29) is 30.8 Å². The lowest BCUT2D eigenvalue weighted by atomic mass is 9.96. The lowest BCUT2D eigenvalue weighted by Gasteiger charge is -2.40. The molecule has 4 rings (SSSR count). The number of nitrogens with zero attached hydrogens (tertiary/aromatic N) is 3. The molecule has 0 aliphatic carbocycles. The maximum atomic E-state index is 13.8. The van der Waals surface area contributed by atoms with Crippen LogP contribution in [0.5, 0.6) is 0 Å². The molecule has 0 aromatic heterocycles. The molecule has 1 saturated heterocycles. The molecule has 0 N–H and O–H groups in total. The second kappa shape index (κ2) is 13.1. The number of hydrogen-bond acceptors (Lipinski definition) is 4. The summed E-state index contributed by atoms with van der Waals surface area (Å²) in [6, 6.07) is 25.0. The Labute approximate surface area is 240 Å². The predicted octanol–water partition coefficient (Wildman–Crippen LogP) is 5.58. The van der Waals surface area contributed by atoms with Gasteiger partial charge in [0, 0.05) is 45.7 Å². The molecule has 1 aliphatic rings. The Morgan fingerprint density at radius 3 is 1.80 bits per heavy atom. The fraction of sp³-hybridized carbons (Fsp3) is 0.424. The number of benzene rings is 3. The van der Waals surface area contributed by atoms with Gasteiger partial charge in [0.2, 0.25) is 15.9 Å². The fourth-order valence-electron chi connectivity index (χ4n) is 5.91. The zero-order valence-corrected chi connectivity index (χ0v) is 25.3. The van der Waals surface area contributed by atoms with Crippen molar-refractivity contribution in [3.63, 3.8) is 0 Å². The maximum absolute atomic E-state index is 13.8. The van der Waals surface area contributed by atoms with Crippen molar-refractivity contribution < 1.29 is 13.2 Å². The molecule has 0 saturated carbocycles. The average Bonchev–Trinajstić information content (AvgIpc) is 2.91. The van der Waals surface area contributed by atoms with Gasteiger partial charge in [0.1, 0.15) is 0 Å². The average molecular weight is 562 g/mol. The van der Waals surface area contributed by atoms with Crippen LogP contribution < -0.4 is 0 Å². The number of piperazine rings is 1. The number of sulfonamides is 1. The van der Waals surface area contributed by atoms with Gasteiger partial charge in [0.15, 0.2) is 0 Å². The van der Waals surface area contributed by atoms with Gasteiger partial charge in [-0.15, -0.1) is 0 Å². The van der Waals surface area contributed by atoms with Crippen LogP contribution >= 0.6 is 0 Å². The summed E-state index contributed by atoms with van der Waals surface area (Å²) in [5, 5.41) is 0. The predicted molar refractivity (Wildman–Crippen MR) is 162 cm³/mol. The van der Waals surface area contributed by atoms with Crippen molar-refractivity contribution >= 4 is 15.9 Å². The summed E-state index contributed by atoms with van der Waals surface area (Å²) in [6.45, 7) is 13.0. The van der Waals surface area contributed by atoms with Gasteiger partial charge in [0.05, 0.1) is 10.9 Å². The van der Waals surface area contributed by atoms with Gasteiger partial charge >= 0.3 is 0 Å². The van der Waals surface area contributed by atoms with Crippen molar-refractivity contribution in [2.75, 3.05) is 39.3 Å². The number of aryl methyl sites for hydroxylation is 3. The normalized spacial score (nSPS) is 14.8. The molecule has 1 fully saturated rings. The molecule has 0 radical (unpaired) electrons. The Hall–Kier alpha value is -3.00. The molecule has 7 heteroatoms. The second-order valence-corrected chi connectivity index (χ2v) is 13.3.